The molecule has 0 radical (unpaired) electrons. The number of methoxy groups -OCH3 is 1. The zero-order chi connectivity index (χ0) is 14.4. The van der Waals surface area contributed by atoms with Crippen molar-refractivity contribution in [2.45, 2.75) is 33.3 Å². The van der Waals surface area contributed by atoms with Crippen LogP contribution in [0.15, 0.2) is 0 Å². The van der Waals surface area contributed by atoms with Crippen molar-refractivity contribution in [3.63, 3.8) is 0 Å². The lowest BCUT2D eigenvalue weighted by molar-refractivity contribution is -0.143. The molecule has 108 valence electrons. The van der Waals surface area contributed by atoms with Gasteiger partial charge in [-0.3, -0.25) is 9.59 Å². The second-order valence-corrected chi connectivity index (χ2v) is 6.44. The Kier molecular flexibility index (Phi) is 3.60. The van der Waals surface area contributed by atoms with Crippen LogP contribution in [0.3, 0.4) is 0 Å². The number of ether oxygens (including phenoxy) is 1. The van der Waals surface area contributed by atoms with E-state index in [1.165, 1.54) is 0 Å². The molecule has 0 aromatic carbocycles. The number of hydrogen-bond donors (Lipinski definition) is 1. The van der Waals surface area contributed by atoms with Crippen LogP contribution in [0.4, 0.5) is 0 Å². The molecule has 1 heterocycles. The number of carboxylic acids is 1. The van der Waals surface area contributed by atoms with Gasteiger partial charge in [-0.2, -0.15) is 0 Å². The highest BCUT2D eigenvalue weighted by Crippen LogP contribution is 2.59. The summed E-state index contributed by atoms with van der Waals surface area (Å²) >= 11 is 0. The van der Waals surface area contributed by atoms with Crippen LogP contribution in [-0.4, -0.2) is 48.2 Å². The average Bonchev–Trinajstić information content (AvgIpc) is 2.92. The molecule has 1 aliphatic heterocycles. The van der Waals surface area contributed by atoms with Crippen LogP contribution in [0.2, 0.25) is 0 Å². The highest BCUT2D eigenvalue weighted by molar-refractivity contribution is 5.91. The molecular formula is C14H23NO4. The molecule has 2 unspecified atom stereocenters. The molecule has 0 aromatic rings. The zero-order valence-corrected chi connectivity index (χ0v) is 12.0. The first-order valence-corrected chi connectivity index (χ1v) is 6.85. The van der Waals surface area contributed by atoms with E-state index >= 15 is 0 Å². The Morgan fingerprint density at radius 1 is 1.32 bits per heavy atom. The largest absolute Gasteiger partial charge is 0.481 e. The van der Waals surface area contributed by atoms with E-state index in [2.05, 4.69) is 6.92 Å². The maximum Gasteiger partial charge on any atom is 0.307 e. The number of hydrogen-bond acceptors (Lipinski definition) is 3. The molecule has 1 saturated heterocycles. The van der Waals surface area contributed by atoms with Crippen molar-refractivity contribution in [3.8, 4) is 0 Å². The van der Waals surface area contributed by atoms with Crippen LogP contribution in [-0.2, 0) is 14.3 Å². The van der Waals surface area contributed by atoms with Gasteiger partial charge in [0.05, 0.1) is 17.9 Å². The summed E-state index contributed by atoms with van der Waals surface area (Å²) in [4.78, 5) is 25.4. The standard InChI is InChI=1S/C14H23NO4/c1-8-5-6-15(7-9(8)19-4)12(16)10-11(13(17)18)14(10,2)3/h8-11H,5-7H2,1-4H3,(H,17,18)/t8?,9?,10-,11+/m1/s1. The summed E-state index contributed by atoms with van der Waals surface area (Å²) < 4.78 is 5.40. The van der Waals surface area contributed by atoms with Crippen LogP contribution in [0.25, 0.3) is 0 Å². The smallest absolute Gasteiger partial charge is 0.307 e. The average molecular weight is 269 g/mol. The molecule has 0 spiro atoms. The van der Waals surface area contributed by atoms with Gasteiger partial charge < -0.3 is 14.7 Å². The minimum absolute atomic E-state index is 0.0219. The first-order valence-electron chi connectivity index (χ1n) is 6.85. The van der Waals surface area contributed by atoms with Crippen molar-refractivity contribution < 1.29 is 19.4 Å². The lowest BCUT2D eigenvalue weighted by Gasteiger charge is -2.36. The van der Waals surface area contributed by atoms with Crippen molar-refractivity contribution in [1.29, 1.82) is 0 Å². The summed E-state index contributed by atoms with van der Waals surface area (Å²) in [6.45, 7) is 7.12. The molecule has 1 N–H and O–H groups in total. The molecule has 5 heteroatoms. The molecular weight excluding hydrogens is 246 g/mol. The van der Waals surface area contributed by atoms with Crippen molar-refractivity contribution in [1.82, 2.24) is 4.90 Å². The number of nitrogens with zero attached hydrogens (tertiary/aromatic N) is 1. The zero-order valence-electron chi connectivity index (χ0n) is 12.0. The number of rotatable bonds is 3. The second kappa shape index (κ2) is 4.78. The molecule has 5 nitrogen and oxygen atoms in total. The van der Waals surface area contributed by atoms with Crippen LogP contribution >= 0.6 is 0 Å². The number of carbonyl (C=O) groups excluding carboxylic acids is 1. The maximum atomic E-state index is 12.5. The van der Waals surface area contributed by atoms with Gasteiger partial charge in [-0.05, 0) is 17.8 Å². The molecule has 1 saturated carbocycles. The Morgan fingerprint density at radius 3 is 2.42 bits per heavy atom. The van der Waals surface area contributed by atoms with E-state index < -0.39 is 17.3 Å². The highest BCUT2D eigenvalue weighted by atomic mass is 16.5. The molecule has 0 aromatic heterocycles. The first kappa shape index (κ1) is 14.3. The fraction of sp³-hybridized carbons (Fsp3) is 0.857. The van der Waals surface area contributed by atoms with Gasteiger partial charge in [0.2, 0.25) is 5.91 Å². The quantitative estimate of drug-likeness (QED) is 0.836. The minimum Gasteiger partial charge on any atom is -0.481 e. The number of amides is 1. The molecule has 1 aliphatic carbocycles. The van der Waals surface area contributed by atoms with Crippen molar-refractivity contribution in [2.24, 2.45) is 23.2 Å². The van der Waals surface area contributed by atoms with Gasteiger partial charge in [-0.1, -0.05) is 20.8 Å². The van der Waals surface area contributed by atoms with Gasteiger partial charge in [0.15, 0.2) is 0 Å². The first-order chi connectivity index (χ1) is 8.80. The maximum absolute atomic E-state index is 12.5. The fourth-order valence-corrected chi connectivity index (χ4v) is 3.30. The van der Waals surface area contributed by atoms with Gasteiger partial charge in [-0.25, -0.2) is 0 Å². The molecule has 0 bridgehead atoms. The Balaban J connectivity index is 2.04. The van der Waals surface area contributed by atoms with Crippen molar-refractivity contribution in [2.75, 3.05) is 20.2 Å². The third-order valence-corrected chi connectivity index (χ3v) is 4.86. The number of aliphatic carboxylic acids is 1. The Bertz CT molecular complexity index is 393. The van der Waals surface area contributed by atoms with Crippen molar-refractivity contribution in [3.05, 3.63) is 0 Å². The number of likely N-dealkylation sites (tertiary alicyclic amines) is 1. The minimum atomic E-state index is -0.864. The van der Waals surface area contributed by atoms with E-state index in [0.717, 1.165) is 6.42 Å². The van der Waals surface area contributed by atoms with E-state index in [0.29, 0.717) is 19.0 Å². The van der Waals surface area contributed by atoms with E-state index in [1.54, 1.807) is 12.0 Å². The topological polar surface area (TPSA) is 66.8 Å². The number of carbonyl (C=O) groups is 2. The Hall–Kier alpha value is -1.10. The van der Waals surface area contributed by atoms with Crippen LogP contribution in [0.1, 0.15) is 27.2 Å². The molecule has 1 amide bonds. The normalized spacial score (nSPS) is 36.9. The molecule has 2 fully saturated rings. The summed E-state index contributed by atoms with van der Waals surface area (Å²) in [6.07, 6.45) is 0.970. The predicted molar refractivity (Wildman–Crippen MR) is 69.6 cm³/mol. The molecule has 19 heavy (non-hydrogen) atoms. The molecule has 2 rings (SSSR count). The second-order valence-electron chi connectivity index (χ2n) is 6.44. The summed E-state index contributed by atoms with van der Waals surface area (Å²) in [5.74, 6) is -1.36. The SMILES string of the molecule is COC1CN(C(=O)[C@H]2[C@@H](C(=O)O)C2(C)C)CCC1C. The fourth-order valence-electron chi connectivity index (χ4n) is 3.30. The van der Waals surface area contributed by atoms with Crippen LogP contribution in [0.5, 0.6) is 0 Å². The highest BCUT2D eigenvalue weighted by Gasteiger charge is 2.66. The van der Waals surface area contributed by atoms with Gasteiger partial charge in [0.1, 0.15) is 0 Å². The van der Waals surface area contributed by atoms with Crippen molar-refractivity contribution >= 4 is 11.9 Å². The van der Waals surface area contributed by atoms with Gasteiger partial charge in [0.25, 0.3) is 0 Å². The van der Waals surface area contributed by atoms with Gasteiger partial charge in [-0.15, -0.1) is 0 Å². The van der Waals surface area contributed by atoms with E-state index in [1.807, 2.05) is 13.8 Å². The Morgan fingerprint density at radius 2 is 1.95 bits per heavy atom. The molecule has 4 atom stereocenters. The van der Waals surface area contributed by atoms with Crippen LogP contribution in [0, 0.1) is 23.2 Å². The third kappa shape index (κ3) is 2.36. The Labute approximate surface area is 113 Å². The monoisotopic (exact) mass is 269 g/mol. The number of piperidine rings is 1. The lowest BCUT2D eigenvalue weighted by atomic mass is 9.95. The lowest BCUT2D eigenvalue weighted by Crippen LogP contribution is -2.47. The van der Waals surface area contributed by atoms with E-state index in [-0.39, 0.29) is 17.9 Å². The van der Waals surface area contributed by atoms with E-state index in [9.17, 15) is 9.59 Å². The predicted octanol–water partition coefficient (Wildman–Crippen LogP) is 1.23. The van der Waals surface area contributed by atoms with Gasteiger partial charge >= 0.3 is 5.97 Å². The summed E-state index contributed by atoms with van der Waals surface area (Å²) in [7, 11) is 1.66. The van der Waals surface area contributed by atoms with E-state index in [4.69, 9.17) is 9.84 Å². The number of carboxylic acid groups (broad SMARTS) is 1. The summed E-state index contributed by atoms with van der Waals surface area (Å²) in [6, 6.07) is 0. The van der Waals surface area contributed by atoms with Crippen LogP contribution < -0.4 is 0 Å². The third-order valence-electron chi connectivity index (χ3n) is 4.86. The summed E-state index contributed by atoms with van der Waals surface area (Å²) in [5.41, 5.74) is -0.422. The summed E-state index contributed by atoms with van der Waals surface area (Å²) in [5, 5.41) is 9.15. The van der Waals surface area contributed by atoms with Gasteiger partial charge in [0, 0.05) is 20.2 Å². The molecule has 2 aliphatic rings.